The predicted octanol–water partition coefficient (Wildman–Crippen LogP) is 1.93. The molecule has 0 saturated carbocycles. The molecule has 0 fully saturated rings. The lowest BCUT2D eigenvalue weighted by atomic mass is 10.1. The Kier molecular flexibility index (Phi) is 7.20. The fourth-order valence-electron chi connectivity index (χ4n) is 2.60. The summed E-state index contributed by atoms with van der Waals surface area (Å²) in [5.74, 6) is 0.349. The minimum atomic E-state index is -0.400. The van der Waals surface area contributed by atoms with Crippen molar-refractivity contribution >= 4 is 23.6 Å². The molecule has 0 aliphatic heterocycles. The van der Waals surface area contributed by atoms with Gasteiger partial charge in [0.05, 0.1) is 0 Å². The minimum absolute atomic E-state index is 0.0490. The first-order chi connectivity index (χ1) is 12.5. The number of hydrogen-bond donors (Lipinski definition) is 1. The van der Waals surface area contributed by atoms with E-state index in [1.807, 2.05) is 60.7 Å². The third-order valence-corrected chi connectivity index (χ3v) is 5.42. The molecule has 2 rings (SSSR count). The summed E-state index contributed by atoms with van der Waals surface area (Å²) in [5.41, 5.74) is 6.13. The lowest BCUT2D eigenvalue weighted by Crippen LogP contribution is -2.34. The van der Waals surface area contributed by atoms with Gasteiger partial charge in [0.15, 0.2) is 5.16 Å². The molecule has 2 amide bonds. The fourth-order valence-corrected chi connectivity index (χ4v) is 3.70. The standard InChI is InChI=1S/C18H25N5O2S/c1-4-23(5-2)17(25)16(13-9-7-6-8-10-13)26-18-21-20-15(22(18)3)12-11-14(19)24/h6-10,16H,4-5,11-12H2,1-3H3,(H2,19,24)/t16-/m0/s1. The Morgan fingerprint density at radius 1 is 1.19 bits per heavy atom. The van der Waals surface area contributed by atoms with Crippen LogP contribution in [0.2, 0.25) is 0 Å². The topological polar surface area (TPSA) is 94.1 Å². The molecule has 2 N–H and O–H groups in total. The Labute approximate surface area is 158 Å². The summed E-state index contributed by atoms with van der Waals surface area (Å²) >= 11 is 1.37. The highest BCUT2D eigenvalue weighted by molar-refractivity contribution is 8.00. The van der Waals surface area contributed by atoms with Crippen molar-refractivity contribution in [2.75, 3.05) is 13.1 Å². The fraction of sp³-hybridized carbons (Fsp3) is 0.444. The molecule has 0 spiro atoms. The van der Waals surface area contributed by atoms with E-state index >= 15 is 0 Å². The Bertz CT molecular complexity index is 743. The number of nitrogens with zero attached hydrogens (tertiary/aromatic N) is 4. The quantitative estimate of drug-likeness (QED) is 0.676. The smallest absolute Gasteiger partial charge is 0.240 e. The zero-order chi connectivity index (χ0) is 19.1. The zero-order valence-corrected chi connectivity index (χ0v) is 16.2. The minimum Gasteiger partial charge on any atom is -0.370 e. The van der Waals surface area contributed by atoms with E-state index in [0.29, 0.717) is 30.5 Å². The molecule has 1 aromatic carbocycles. The highest BCUT2D eigenvalue weighted by Gasteiger charge is 2.27. The number of benzene rings is 1. The van der Waals surface area contributed by atoms with Crippen LogP contribution in [-0.4, -0.2) is 44.6 Å². The molecule has 7 nitrogen and oxygen atoms in total. The predicted molar refractivity (Wildman–Crippen MR) is 101 cm³/mol. The van der Waals surface area contributed by atoms with Gasteiger partial charge in [-0.25, -0.2) is 0 Å². The van der Waals surface area contributed by atoms with E-state index in [0.717, 1.165) is 5.56 Å². The van der Waals surface area contributed by atoms with Gasteiger partial charge in [-0.3, -0.25) is 9.59 Å². The van der Waals surface area contributed by atoms with Crippen LogP contribution in [0.1, 0.15) is 36.9 Å². The number of amides is 2. The third kappa shape index (κ3) is 4.85. The lowest BCUT2D eigenvalue weighted by molar-refractivity contribution is -0.130. The van der Waals surface area contributed by atoms with Gasteiger partial charge >= 0.3 is 0 Å². The van der Waals surface area contributed by atoms with E-state index in [-0.39, 0.29) is 18.2 Å². The Balaban J connectivity index is 2.27. The van der Waals surface area contributed by atoms with E-state index in [4.69, 9.17) is 5.73 Å². The summed E-state index contributed by atoms with van der Waals surface area (Å²) in [6, 6.07) is 9.67. The van der Waals surface area contributed by atoms with E-state index < -0.39 is 5.25 Å². The van der Waals surface area contributed by atoms with Gasteiger partial charge < -0.3 is 15.2 Å². The average molecular weight is 375 g/mol. The van der Waals surface area contributed by atoms with Gasteiger partial charge in [0, 0.05) is 33.0 Å². The van der Waals surface area contributed by atoms with Crippen LogP contribution in [0.25, 0.3) is 0 Å². The first kappa shape index (κ1) is 20.0. The first-order valence-electron chi connectivity index (χ1n) is 8.64. The molecule has 0 aliphatic rings. The van der Waals surface area contributed by atoms with Crippen molar-refractivity contribution in [2.24, 2.45) is 12.8 Å². The van der Waals surface area contributed by atoms with E-state index in [1.165, 1.54) is 11.8 Å². The van der Waals surface area contributed by atoms with Crippen LogP contribution in [0.15, 0.2) is 35.5 Å². The third-order valence-electron chi connectivity index (χ3n) is 4.15. The second kappa shape index (κ2) is 9.38. The van der Waals surface area contributed by atoms with Crippen LogP contribution in [0.3, 0.4) is 0 Å². The molecule has 1 aromatic heterocycles. The maximum absolute atomic E-state index is 13.0. The first-order valence-corrected chi connectivity index (χ1v) is 9.52. The number of hydrogen-bond acceptors (Lipinski definition) is 5. The van der Waals surface area contributed by atoms with Crippen LogP contribution < -0.4 is 5.73 Å². The molecular weight excluding hydrogens is 350 g/mol. The molecule has 0 bridgehead atoms. The van der Waals surface area contributed by atoms with Crippen LogP contribution in [0, 0.1) is 0 Å². The maximum Gasteiger partial charge on any atom is 0.240 e. The number of carbonyl (C=O) groups is 2. The maximum atomic E-state index is 13.0. The van der Waals surface area contributed by atoms with Gasteiger partial charge in [0.2, 0.25) is 11.8 Å². The SMILES string of the molecule is CCN(CC)C(=O)[C@@H](Sc1nnc(CCC(N)=O)n1C)c1ccccc1. The Morgan fingerprint density at radius 3 is 2.42 bits per heavy atom. The van der Waals surface area contributed by atoms with Gasteiger partial charge in [-0.15, -0.1) is 10.2 Å². The molecule has 140 valence electrons. The van der Waals surface area contributed by atoms with Gasteiger partial charge in [0.25, 0.3) is 0 Å². The largest absolute Gasteiger partial charge is 0.370 e. The number of rotatable bonds is 9. The van der Waals surface area contributed by atoms with Crippen molar-refractivity contribution in [3.63, 3.8) is 0 Å². The van der Waals surface area contributed by atoms with Crippen molar-refractivity contribution in [1.29, 1.82) is 0 Å². The molecule has 2 aromatic rings. The second-order valence-corrected chi connectivity index (χ2v) is 6.92. The molecule has 0 aliphatic carbocycles. The van der Waals surface area contributed by atoms with Crippen LogP contribution in [0.5, 0.6) is 0 Å². The van der Waals surface area contributed by atoms with E-state index in [2.05, 4.69) is 10.2 Å². The lowest BCUT2D eigenvalue weighted by Gasteiger charge is -2.24. The summed E-state index contributed by atoms with van der Waals surface area (Å²) in [5, 5.41) is 8.58. The Hall–Kier alpha value is -2.35. The number of likely N-dealkylation sites (N-methyl/N-ethyl adjacent to an activating group) is 1. The Morgan fingerprint density at radius 2 is 1.85 bits per heavy atom. The zero-order valence-electron chi connectivity index (χ0n) is 15.4. The second-order valence-electron chi connectivity index (χ2n) is 5.84. The summed E-state index contributed by atoms with van der Waals surface area (Å²) in [6.45, 7) is 5.25. The summed E-state index contributed by atoms with van der Waals surface area (Å²) in [7, 11) is 1.84. The molecule has 0 radical (unpaired) electrons. The van der Waals surface area contributed by atoms with E-state index in [1.54, 1.807) is 0 Å². The number of aryl methyl sites for hydroxylation is 1. The summed E-state index contributed by atoms with van der Waals surface area (Å²) < 4.78 is 1.82. The van der Waals surface area contributed by atoms with Crippen LogP contribution in [0.4, 0.5) is 0 Å². The molecule has 8 heteroatoms. The highest BCUT2D eigenvalue weighted by Crippen LogP contribution is 2.35. The van der Waals surface area contributed by atoms with Crippen LogP contribution in [-0.2, 0) is 23.1 Å². The van der Waals surface area contributed by atoms with Crippen molar-refractivity contribution < 1.29 is 9.59 Å². The van der Waals surface area contributed by atoms with Gasteiger partial charge in [-0.2, -0.15) is 0 Å². The van der Waals surface area contributed by atoms with Crippen molar-refractivity contribution in [2.45, 2.75) is 37.1 Å². The number of carbonyl (C=O) groups excluding carboxylic acids is 2. The van der Waals surface area contributed by atoms with Gasteiger partial charge in [-0.1, -0.05) is 42.1 Å². The van der Waals surface area contributed by atoms with Gasteiger partial charge in [-0.05, 0) is 19.4 Å². The van der Waals surface area contributed by atoms with E-state index in [9.17, 15) is 9.59 Å². The van der Waals surface area contributed by atoms with Crippen molar-refractivity contribution in [3.8, 4) is 0 Å². The number of nitrogens with two attached hydrogens (primary N) is 1. The molecule has 0 unspecified atom stereocenters. The van der Waals surface area contributed by atoms with Gasteiger partial charge in [0.1, 0.15) is 11.1 Å². The number of thioether (sulfide) groups is 1. The number of aromatic nitrogens is 3. The molecular formula is C18H25N5O2S. The highest BCUT2D eigenvalue weighted by atomic mass is 32.2. The summed E-state index contributed by atoms with van der Waals surface area (Å²) in [4.78, 5) is 25.8. The average Bonchev–Trinajstić information content (AvgIpc) is 2.99. The normalized spacial score (nSPS) is 12.0. The molecule has 1 atom stereocenters. The van der Waals surface area contributed by atoms with Crippen molar-refractivity contribution in [1.82, 2.24) is 19.7 Å². The molecule has 0 saturated heterocycles. The number of primary amides is 1. The van der Waals surface area contributed by atoms with Crippen LogP contribution >= 0.6 is 11.8 Å². The molecule has 1 heterocycles. The van der Waals surface area contributed by atoms with Crippen molar-refractivity contribution in [3.05, 3.63) is 41.7 Å². The monoisotopic (exact) mass is 375 g/mol. The summed E-state index contributed by atoms with van der Waals surface area (Å²) in [6.07, 6.45) is 0.649. The molecule has 26 heavy (non-hydrogen) atoms.